The molecule has 1 aliphatic heterocycles. The van der Waals surface area contributed by atoms with E-state index in [4.69, 9.17) is 9.47 Å². The predicted molar refractivity (Wildman–Crippen MR) is 94.9 cm³/mol. The first kappa shape index (κ1) is 19.7. The molecule has 0 spiro atoms. The van der Waals surface area contributed by atoms with Crippen molar-refractivity contribution in [2.24, 2.45) is 0 Å². The van der Waals surface area contributed by atoms with Gasteiger partial charge in [0.05, 0.1) is 33.5 Å². The van der Waals surface area contributed by atoms with E-state index >= 15 is 0 Å². The number of carbonyl (C=O) groups is 2. The van der Waals surface area contributed by atoms with Crippen LogP contribution in [-0.4, -0.2) is 70.5 Å². The number of morpholine rings is 1. The lowest BCUT2D eigenvalue weighted by atomic mass is 10.2. The molecule has 8 heteroatoms. The van der Waals surface area contributed by atoms with Gasteiger partial charge in [-0.3, -0.25) is 4.90 Å². The molecule has 26 heavy (non-hydrogen) atoms. The highest BCUT2D eigenvalue weighted by Gasteiger charge is 2.13. The first-order chi connectivity index (χ1) is 12.6. The average molecular weight is 364 g/mol. The second-order valence-corrected chi connectivity index (χ2v) is 5.53. The Labute approximate surface area is 152 Å². The summed E-state index contributed by atoms with van der Waals surface area (Å²) in [7, 11) is 2.47. The van der Waals surface area contributed by atoms with Crippen LogP contribution in [0, 0.1) is 0 Å². The second kappa shape index (κ2) is 10.4. The lowest BCUT2D eigenvalue weighted by Gasteiger charge is -2.26. The Balaban J connectivity index is 1.94. The summed E-state index contributed by atoms with van der Waals surface area (Å²) in [4.78, 5) is 25.5. The molecule has 1 aromatic carbocycles. The van der Waals surface area contributed by atoms with Gasteiger partial charge in [-0.2, -0.15) is 0 Å². The van der Waals surface area contributed by atoms with Crippen LogP contribution >= 0.6 is 0 Å². The van der Waals surface area contributed by atoms with Crippen LogP contribution in [0.4, 0.5) is 5.69 Å². The lowest BCUT2D eigenvalue weighted by Crippen LogP contribution is -2.38. The third-order valence-corrected chi connectivity index (χ3v) is 3.76. The Hall–Kier alpha value is -2.58. The molecule has 0 bridgehead atoms. The number of anilines is 1. The number of methoxy groups -OCH3 is 2. The normalized spacial score (nSPS) is 15.2. The standard InChI is InChI=1S/C18H24N2O6/c1-23-17(21)13-16(18(22)24-2)19-14-4-3-5-15(12-14)26-11-8-20-6-9-25-10-7-20/h3-5,12-13,19H,6-11H2,1-2H3/b16-13+. The van der Waals surface area contributed by atoms with Crippen molar-refractivity contribution in [3.05, 3.63) is 36.0 Å². The van der Waals surface area contributed by atoms with E-state index < -0.39 is 11.9 Å². The van der Waals surface area contributed by atoms with E-state index in [1.54, 1.807) is 18.2 Å². The average Bonchev–Trinajstić information content (AvgIpc) is 2.68. The van der Waals surface area contributed by atoms with Gasteiger partial charge in [-0.05, 0) is 12.1 Å². The highest BCUT2D eigenvalue weighted by molar-refractivity contribution is 5.98. The smallest absolute Gasteiger partial charge is 0.354 e. The molecular formula is C18H24N2O6. The highest BCUT2D eigenvalue weighted by Crippen LogP contribution is 2.19. The van der Waals surface area contributed by atoms with E-state index in [0.717, 1.165) is 38.9 Å². The van der Waals surface area contributed by atoms with Crippen molar-refractivity contribution in [3.8, 4) is 5.75 Å². The van der Waals surface area contributed by atoms with E-state index in [1.165, 1.54) is 14.2 Å². The van der Waals surface area contributed by atoms with Crippen LogP contribution < -0.4 is 10.1 Å². The van der Waals surface area contributed by atoms with Crippen molar-refractivity contribution in [1.29, 1.82) is 0 Å². The molecular weight excluding hydrogens is 340 g/mol. The van der Waals surface area contributed by atoms with Crippen LogP contribution in [-0.2, 0) is 23.8 Å². The molecule has 1 N–H and O–H groups in total. The molecule has 0 aliphatic carbocycles. The summed E-state index contributed by atoms with van der Waals surface area (Å²) in [6.45, 7) is 4.68. The Morgan fingerprint density at radius 2 is 2.00 bits per heavy atom. The van der Waals surface area contributed by atoms with Gasteiger partial charge in [-0.15, -0.1) is 0 Å². The largest absolute Gasteiger partial charge is 0.492 e. The van der Waals surface area contributed by atoms with Crippen LogP contribution in [0.5, 0.6) is 5.75 Å². The van der Waals surface area contributed by atoms with Crippen molar-refractivity contribution in [3.63, 3.8) is 0 Å². The maximum absolute atomic E-state index is 11.8. The van der Waals surface area contributed by atoms with Gasteiger partial charge < -0.3 is 24.3 Å². The van der Waals surface area contributed by atoms with Crippen LogP contribution in [0.15, 0.2) is 36.0 Å². The zero-order valence-electron chi connectivity index (χ0n) is 15.0. The van der Waals surface area contributed by atoms with E-state index in [2.05, 4.69) is 19.7 Å². The highest BCUT2D eigenvalue weighted by atomic mass is 16.5. The summed E-state index contributed by atoms with van der Waals surface area (Å²) >= 11 is 0. The maximum Gasteiger partial charge on any atom is 0.354 e. The van der Waals surface area contributed by atoms with E-state index in [0.29, 0.717) is 18.0 Å². The van der Waals surface area contributed by atoms with Crippen molar-refractivity contribution < 1.29 is 28.5 Å². The summed E-state index contributed by atoms with van der Waals surface area (Å²) in [6.07, 6.45) is 1.04. The fourth-order valence-electron chi connectivity index (χ4n) is 2.37. The van der Waals surface area contributed by atoms with Crippen LogP contribution in [0.2, 0.25) is 0 Å². The number of hydrogen-bond acceptors (Lipinski definition) is 8. The Kier molecular flexibility index (Phi) is 7.91. The van der Waals surface area contributed by atoms with Gasteiger partial charge in [0.25, 0.3) is 0 Å². The molecule has 0 radical (unpaired) electrons. The SMILES string of the molecule is COC(=O)/C=C(/Nc1cccc(OCCN2CCOCC2)c1)C(=O)OC. The van der Waals surface area contributed by atoms with Crippen molar-refractivity contribution in [1.82, 2.24) is 4.90 Å². The van der Waals surface area contributed by atoms with E-state index in [1.807, 2.05) is 6.07 Å². The molecule has 0 unspecified atom stereocenters. The fourth-order valence-corrected chi connectivity index (χ4v) is 2.37. The minimum atomic E-state index is -0.672. The van der Waals surface area contributed by atoms with Crippen molar-refractivity contribution in [2.75, 3.05) is 59.0 Å². The summed E-state index contributed by atoms with van der Waals surface area (Å²) in [6, 6.07) is 7.11. The molecule has 0 aromatic heterocycles. The Morgan fingerprint density at radius 1 is 1.23 bits per heavy atom. The molecule has 2 rings (SSSR count). The third kappa shape index (κ3) is 6.38. The van der Waals surface area contributed by atoms with Crippen molar-refractivity contribution in [2.45, 2.75) is 0 Å². The van der Waals surface area contributed by atoms with Crippen molar-refractivity contribution >= 4 is 17.6 Å². The fraction of sp³-hybridized carbons (Fsp3) is 0.444. The van der Waals surface area contributed by atoms with Gasteiger partial charge in [0.2, 0.25) is 0 Å². The maximum atomic E-state index is 11.8. The molecule has 0 atom stereocenters. The zero-order chi connectivity index (χ0) is 18.8. The van der Waals surface area contributed by atoms with Gasteiger partial charge in [0, 0.05) is 31.4 Å². The number of esters is 2. The molecule has 1 aliphatic rings. The Morgan fingerprint density at radius 3 is 2.69 bits per heavy atom. The molecule has 8 nitrogen and oxygen atoms in total. The number of nitrogens with one attached hydrogen (secondary N) is 1. The lowest BCUT2D eigenvalue weighted by molar-refractivity contribution is -0.138. The molecule has 1 saturated heterocycles. The summed E-state index contributed by atoms with van der Waals surface area (Å²) in [5.74, 6) is -0.671. The third-order valence-electron chi connectivity index (χ3n) is 3.76. The van der Waals surface area contributed by atoms with E-state index in [9.17, 15) is 9.59 Å². The minimum Gasteiger partial charge on any atom is -0.492 e. The predicted octanol–water partition coefficient (Wildman–Crippen LogP) is 1.04. The molecule has 0 saturated carbocycles. The number of benzene rings is 1. The first-order valence-electron chi connectivity index (χ1n) is 8.30. The number of carbonyl (C=O) groups excluding carboxylic acids is 2. The quantitative estimate of drug-likeness (QED) is 0.541. The first-order valence-corrected chi connectivity index (χ1v) is 8.30. The summed E-state index contributed by atoms with van der Waals surface area (Å²) in [5, 5.41) is 2.85. The summed E-state index contributed by atoms with van der Waals surface area (Å²) < 4.78 is 20.3. The zero-order valence-corrected chi connectivity index (χ0v) is 15.0. The number of ether oxygens (including phenoxy) is 4. The number of nitrogens with zero attached hydrogens (tertiary/aromatic N) is 1. The van der Waals surface area contributed by atoms with Crippen LogP contribution in [0.3, 0.4) is 0 Å². The molecule has 1 aromatic rings. The number of hydrogen-bond donors (Lipinski definition) is 1. The molecule has 0 amide bonds. The van der Waals surface area contributed by atoms with Crippen LogP contribution in [0.25, 0.3) is 0 Å². The molecule has 1 fully saturated rings. The Bertz CT molecular complexity index is 640. The number of rotatable bonds is 8. The van der Waals surface area contributed by atoms with Gasteiger partial charge in [-0.1, -0.05) is 6.07 Å². The topological polar surface area (TPSA) is 86.3 Å². The van der Waals surface area contributed by atoms with Gasteiger partial charge in [0.1, 0.15) is 18.1 Å². The van der Waals surface area contributed by atoms with E-state index in [-0.39, 0.29) is 5.70 Å². The monoisotopic (exact) mass is 364 g/mol. The van der Waals surface area contributed by atoms with Crippen LogP contribution in [0.1, 0.15) is 0 Å². The summed E-state index contributed by atoms with van der Waals surface area (Å²) in [5.41, 5.74) is 0.569. The molecule has 1 heterocycles. The molecule has 142 valence electrons. The minimum absolute atomic E-state index is 0.0233. The van der Waals surface area contributed by atoms with Gasteiger partial charge in [0.15, 0.2) is 0 Å². The van der Waals surface area contributed by atoms with Gasteiger partial charge >= 0.3 is 11.9 Å². The second-order valence-electron chi connectivity index (χ2n) is 5.53. The van der Waals surface area contributed by atoms with Gasteiger partial charge in [-0.25, -0.2) is 9.59 Å².